The van der Waals surface area contributed by atoms with Gasteiger partial charge in [0.25, 0.3) is 5.24 Å². The van der Waals surface area contributed by atoms with E-state index in [9.17, 15) is 4.79 Å². The molecule has 0 saturated carbocycles. The largest absolute Gasteiger partial charge is 0.276 e. The minimum Gasteiger partial charge on any atom is -0.276 e. The van der Waals surface area contributed by atoms with Crippen LogP contribution in [0, 0.1) is 24.7 Å². The van der Waals surface area contributed by atoms with Crippen molar-refractivity contribution in [3.8, 4) is 24.7 Å². The lowest BCUT2D eigenvalue weighted by atomic mass is 10.1. The van der Waals surface area contributed by atoms with Crippen molar-refractivity contribution in [1.82, 2.24) is 0 Å². The Balaban J connectivity index is 3.39. The normalized spacial score (nSPS) is 8.54. The Morgan fingerprint density at radius 1 is 1.31 bits per heavy atom. The fraction of sp³-hybridized carbons (Fsp3) is 0. The maximum Gasteiger partial charge on any atom is 0.253 e. The van der Waals surface area contributed by atoms with Crippen molar-refractivity contribution in [3.05, 3.63) is 34.9 Å². The number of benzene rings is 1. The third-order valence-electron chi connectivity index (χ3n) is 1.55. The molecule has 0 aliphatic carbocycles. The monoisotopic (exact) mass is 188 g/mol. The van der Waals surface area contributed by atoms with Crippen molar-refractivity contribution in [2.24, 2.45) is 0 Å². The summed E-state index contributed by atoms with van der Waals surface area (Å²) in [6, 6.07) is 4.77. The molecular formula is C11H5ClO. The van der Waals surface area contributed by atoms with Gasteiger partial charge in [-0.1, -0.05) is 11.8 Å². The fourth-order valence-electron chi connectivity index (χ4n) is 0.923. The maximum atomic E-state index is 10.9. The third-order valence-corrected chi connectivity index (χ3v) is 1.76. The molecule has 1 aromatic rings. The number of hydrogen-bond acceptors (Lipinski definition) is 1. The van der Waals surface area contributed by atoms with Crippen LogP contribution in [0.2, 0.25) is 0 Å². The first-order chi connectivity index (χ1) is 6.19. The van der Waals surface area contributed by atoms with Crippen molar-refractivity contribution in [1.29, 1.82) is 0 Å². The highest BCUT2D eigenvalue weighted by atomic mass is 35.5. The van der Waals surface area contributed by atoms with E-state index in [1.54, 1.807) is 12.1 Å². The quantitative estimate of drug-likeness (QED) is 0.487. The van der Waals surface area contributed by atoms with Gasteiger partial charge in [-0.25, -0.2) is 0 Å². The lowest BCUT2D eigenvalue weighted by Gasteiger charge is -1.99. The summed E-state index contributed by atoms with van der Waals surface area (Å²) in [5.41, 5.74) is 1.32. The Bertz CT molecular complexity index is 432. The summed E-state index contributed by atoms with van der Waals surface area (Å²) < 4.78 is 0. The number of hydrogen-bond donors (Lipinski definition) is 0. The van der Waals surface area contributed by atoms with Crippen molar-refractivity contribution in [2.75, 3.05) is 0 Å². The zero-order valence-corrected chi connectivity index (χ0v) is 7.43. The molecule has 62 valence electrons. The number of terminal acetylenes is 2. The smallest absolute Gasteiger partial charge is 0.253 e. The minimum atomic E-state index is -0.593. The van der Waals surface area contributed by atoms with E-state index in [1.807, 2.05) is 0 Å². The first-order valence-electron chi connectivity index (χ1n) is 3.46. The van der Waals surface area contributed by atoms with E-state index in [0.29, 0.717) is 11.1 Å². The second-order valence-corrected chi connectivity index (χ2v) is 2.67. The molecule has 1 aromatic carbocycles. The zero-order valence-electron chi connectivity index (χ0n) is 6.67. The lowest BCUT2D eigenvalue weighted by molar-refractivity contribution is 0.108. The maximum absolute atomic E-state index is 10.9. The van der Waals surface area contributed by atoms with Gasteiger partial charge in [-0.05, 0) is 29.8 Å². The third kappa shape index (κ3) is 1.90. The molecule has 0 N–H and O–H groups in total. The first-order valence-corrected chi connectivity index (χ1v) is 3.84. The molecule has 0 aliphatic heterocycles. The molecule has 0 unspecified atom stereocenters. The highest BCUT2D eigenvalue weighted by Crippen LogP contribution is 2.13. The summed E-state index contributed by atoms with van der Waals surface area (Å²) in [5.74, 6) is 4.75. The van der Waals surface area contributed by atoms with Gasteiger partial charge in [-0.3, -0.25) is 4.79 Å². The average Bonchev–Trinajstić information content (AvgIpc) is 2.16. The second-order valence-electron chi connectivity index (χ2n) is 2.32. The van der Waals surface area contributed by atoms with Gasteiger partial charge in [-0.15, -0.1) is 12.8 Å². The molecular weight excluding hydrogens is 184 g/mol. The molecule has 0 bridgehead atoms. The van der Waals surface area contributed by atoms with E-state index < -0.39 is 5.24 Å². The lowest BCUT2D eigenvalue weighted by Crippen LogP contribution is -1.94. The summed E-state index contributed by atoms with van der Waals surface area (Å²) in [4.78, 5) is 10.9. The first kappa shape index (κ1) is 9.39. The molecule has 0 aromatic heterocycles. The van der Waals surface area contributed by atoms with Crippen LogP contribution in [0.25, 0.3) is 0 Å². The Labute approximate surface area is 81.7 Å². The van der Waals surface area contributed by atoms with Crippen LogP contribution in [0.5, 0.6) is 0 Å². The van der Waals surface area contributed by atoms with Gasteiger partial charge in [0.1, 0.15) is 0 Å². The molecule has 0 spiro atoms. The standard InChI is InChI=1S/C11H5ClO/c1-3-8-5-6-9(4-2)10(7-8)11(12)13/h1-2,5-7H. The average molecular weight is 189 g/mol. The Kier molecular flexibility index (Phi) is 2.75. The van der Waals surface area contributed by atoms with Crippen LogP contribution in [-0.4, -0.2) is 5.24 Å². The van der Waals surface area contributed by atoms with Gasteiger partial charge in [0.2, 0.25) is 0 Å². The molecule has 1 nitrogen and oxygen atoms in total. The van der Waals surface area contributed by atoms with E-state index in [1.165, 1.54) is 6.07 Å². The molecule has 1 rings (SSSR count). The fourth-order valence-corrected chi connectivity index (χ4v) is 1.08. The van der Waals surface area contributed by atoms with Crippen molar-refractivity contribution < 1.29 is 4.79 Å². The van der Waals surface area contributed by atoms with Crippen molar-refractivity contribution in [2.45, 2.75) is 0 Å². The SMILES string of the molecule is C#Cc1ccc(C#C)c(C(=O)Cl)c1. The number of halogens is 1. The van der Waals surface area contributed by atoms with Crippen LogP contribution >= 0.6 is 11.6 Å². The number of carbonyl (C=O) groups is 1. The molecule has 0 radical (unpaired) electrons. The molecule has 0 aliphatic rings. The van der Waals surface area contributed by atoms with E-state index in [4.69, 9.17) is 24.4 Å². The summed E-state index contributed by atoms with van der Waals surface area (Å²) >= 11 is 5.31. The topological polar surface area (TPSA) is 17.1 Å². The van der Waals surface area contributed by atoms with Crippen LogP contribution in [-0.2, 0) is 0 Å². The van der Waals surface area contributed by atoms with Gasteiger partial charge in [0.15, 0.2) is 0 Å². The zero-order chi connectivity index (χ0) is 9.84. The van der Waals surface area contributed by atoms with Crippen LogP contribution in [0.3, 0.4) is 0 Å². The van der Waals surface area contributed by atoms with Crippen molar-refractivity contribution in [3.63, 3.8) is 0 Å². The Hall–Kier alpha value is -1.70. The second kappa shape index (κ2) is 3.81. The van der Waals surface area contributed by atoms with Gasteiger partial charge < -0.3 is 0 Å². The highest BCUT2D eigenvalue weighted by Gasteiger charge is 2.07. The molecule has 2 heteroatoms. The summed E-state index contributed by atoms with van der Waals surface area (Å²) in [6.45, 7) is 0. The number of carbonyl (C=O) groups excluding carboxylic acids is 1. The summed E-state index contributed by atoms with van der Waals surface area (Å²) in [7, 11) is 0. The predicted octanol–water partition coefficient (Wildman–Crippen LogP) is 2.03. The van der Waals surface area contributed by atoms with Crippen LogP contribution in [0.4, 0.5) is 0 Å². The highest BCUT2D eigenvalue weighted by molar-refractivity contribution is 6.68. The van der Waals surface area contributed by atoms with E-state index in [-0.39, 0.29) is 5.56 Å². The summed E-state index contributed by atoms with van der Waals surface area (Å²) in [6.07, 6.45) is 10.3. The molecule has 13 heavy (non-hydrogen) atoms. The van der Waals surface area contributed by atoms with Gasteiger partial charge in [0.05, 0.1) is 5.56 Å². The molecule has 0 saturated heterocycles. The molecule has 0 atom stereocenters. The number of rotatable bonds is 1. The summed E-state index contributed by atoms with van der Waals surface area (Å²) in [5, 5.41) is -0.593. The van der Waals surface area contributed by atoms with Gasteiger partial charge in [-0.2, -0.15) is 0 Å². The molecule has 0 fully saturated rings. The predicted molar refractivity (Wildman–Crippen MR) is 52.5 cm³/mol. The Morgan fingerprint density at radius 2 is 2.00 bits per heavy atom. The molecule has 0 heterocycles. The van der Waals surface area contributed by atoms with Crippen molar-refractivity contribution >= 4 is 16.8 Å². The van der Waals surface area contributed by atoms with Gasteiger partial charge >= 0.3 is 0 Å². The molecule has 0 amide bonds. The van der Waals surface area contributed by atoms with Crippen LogP contribution < -0.4 is 0 Å². The van der Waals surface area contributed by atoms with E-state index in [2.05, 4.69) is 11.8 Å². The van der Waals surface area contributed by atoms with E-state index >= 15 is 0 Å². The van der Waals surface area contributed by atoms with Crippen LogP contribution in [0.15, 0.2) is 18.2 Å². The van der Waals surface area contributed by atoms with Crippen LogP contribution in [0.1, 0.15) is 21.5 Å². The van der Waals surface area contributed by atoms with E-state index in [0.717, 1.165) is 0 Å². The minimum absolute atomic E-state index is 0.277. The van der Waals surface area contributed by atoms with Gasteiger partial charge in [0, 0.05) is 11.1 Å². The Morgan fingerprint density at radius 3 is 2.46 bits per heavy atom.